The fourth-order valence-corrected chi connectivity index (χ4v) is 5.14. The van der Waals surface area contributed by atoms with E-state index < -0.39 is 10.0 Å². The fourth-order valence-electron chi connectivity index (χ4n) is 2.89. The highest BCUT2D eigenvalue weighted by Gasteiger charge is 2.32. The molecule has 0 radical (unpaired) electrons. The van der Waals surface area contributed by atoms with Gasteiger partial charge in [-0.15, -0.1) is 0 Å². The molecule has 1 fully saturated rings. The molecule has 0 aliphatic carbocycles. The van der Waals surface area contributed by atoms with E-state index in [2.05, 4.69) is 26.1 Å². The number of benzene rings is 1. The quantitative estimate of drug-likeness (QED) is 0.790. The molecule has 0 saturated carbocycles. The molecule has 1 aromatic heterocycles. The number of aromatic nitrogens is 2. The summed E-state index contributed by atoms with van der Waals surface area (Å²) in [5.41, 5.74) is 1.21. The summed E-state index contributed by atoms with van der Waals surface area (Å²) in [4.78, 5) is 14.6. The van der Waals surface area contributed by atoms with Crippen LogP contribution in [0, 0.1) is 0 Å². The van der Waals surface area contributed by atoms with Gasteiger partial charge in [0, 0.05) is 26.2 Å². The van der Waals surface area contributed by atoms with Gasteiger partial charge in [0.1, 0.15) is 0 Å². The van der Waals surface area contributed by atoms with Crippen molar-refractivity contribution in [2.45, 2.75) is 24.7 Å². The van der Waals surface area contributed by atoms with Crippen molar-refractivity contribution in [1.29, 1.82) is 0 Å². The van der Waals surface area contributed by atoms with Gasteiger partial charge in [-0.3, -0.25) is 9.89 Å². The summed E-state index contributed by atoms with van der Waals surface area (Å²) in [7, 11) is -3.53. The zero-order valence-electron chi connectivity index (χ0n) is 14.6. The molecule has 2 heterocycles. The number of halogens is 1. The van der Waals surface area contributed by atoms with Gasteiger partial charge in [0.15, 0.2) is 5.69 Å². The number of nitrogens with one attached hydrogen (secondary N) is 1. The van der Waals surface area contributed by atoms with Gasteiger partial charge in [0.25, 0.3) is 5.91 Å². The topological polar surface area (TPSA) is 86.4 Å². The van der Waals surface area contributed by atoms with Crippen LogP contribution in [0.15, 0.2) is 39.7 Å². The fraction of sp³-hybridized carbons (Fsp3) is 0.412. The third-order valence-electron chi connectivity index (χ3n) is 4.42. The van der Waals surface area contributed by atoms with Gasteiger partial charge in [0.05, 0.1) is 15.1 Å². The first kappa shape index (κ1) is 19.1. The van der Waals surface area contributed by atoms with Gasteiger partial charge in [0.2, 0.25) is 10.0 Å². The minimum absolute atomic E-state index is 0.197. The maximum absolute atomic E-state index is 12.7. The van der Waals surface area contributed by atoms with Crippen LogP contribution in [0.4, 0.5) is 0 Å². The molecule has 140 valence electrons. The molecule has 0 spiro atoms. The van der Waals surface area contributed by atoms with Crippen molar-refractivity contribution < 1.29 is 13.2 Å². The maximum Gasteiger partial charge on any atom is 0.275 e. The van der Waals surface area contributed by atoms with Crippen molar-refractivity contribution in [2.24, 2.45) is 0 Å². The Labute approximate surface area is 161 Å². The van der Waals surface area contributed by atoms with E-state index in [0.29, 0.717) is 23.3 Å². The molecule has 9 heteroatoms. The molecule has 3 rings (SSSR count). The van der Waals surface area contributed by atoms with E-state index in [1.165, 1.54) is 4.31 Å². The van der Waals surface area contributed by atoms with Crippen LogP contribution in [0.1, 0.15) is 35.9 Å². The Morgan fingerprint density at radius 3 is 2.31 bits per heavy atom. The van der Waals surface area contributed by atoms with Crippen molar-refractivity contribution >= 4 is 31.9 Å². The third kappa shape index (κ3) is 3.56. The first-order valence-electron chi connectivity index (χ1n) is 8.40. The minimum atomic E-state index is -3.53. The Bertz CT molecular complexity index is 888. The van der Waals surface area contributed by atoms with Crippen LogP contribution in [-0.2, 0) is 10.0 Å². The molecule has 2 aromatic rings. The second kappa shape index (κ2) is 7.50. The third-order valence-corrected chi connectivity index (χ3v) is 7.13. The summed E-state index contributed by atoms with van der Waals surface area (Å²) in [5.74, 6) is 0.0167. The summed E-state index contributed by atoms with van der Waals surface area (Å²) < 4.78 is 27.4. The predicted octanol–water partition coefficient (Wildman–Crippen LogP) is 2.44. The number of nitrogens with zero attached hydrogens (tertiary/aromatic N) is 3. The van der Waals surface area contributed by atoms with Gasteiger partial charge in [-0.1, -0.05) is 32.0 Å². The monoisotopic (exact) mass is 440 g/mol. The van der Waals surface area contributed by atoms with Crippen LogP contribution >= 0.6 is 15.9 Å². The molecular weight excluding hydrogens is 420 g/mol. The molecular formula is C17H21BrN4O3S. The van der Waals surface area contributed by atoms with E-state index in [-0.39, 0.29) is 29.8 Å². The van der Waals surface area contributed by atoms with Gasteiger partial charge in [-0.05, 0) is 34.0 Å². The van der Waals surface area contributed by atoms with E-state index in [0.717, 1.165) is 5.69 Å². The number of H-pyrrole nitrogens is 1. The second-order valence-electron chi connectivity index (χ2n) is 6.46. The van der Waals surface area contributed by atoms with Gasteiger partial charge < -0.3 is 4.90 Å². The Morgan fingerprint density at radius 2 is 1.77 bits per heavy atom. The zero-order chi connectivity index (χ0) is 18.9. The molecule has 1 N–H and O–H groups in total. The number of piperazine rings is 1. The molecule has 1 saturated heterocycles. The van der Waals surface area contributed by atoms with E-state index in [4.69, 9.17) is 0 Å². The first-order valence-corrected chi connectivity index (χ1v) is 10.6. The minimum Gasteiger partial charge on any atom is -0.335 e. The highest BCUT2D eigenvalue weighted by molar-refractivity contribution is 9.10. The molecule has 1 aromatic carbocycles. The molecule has 1 amide bonds. The standard InChI is InChI=1S/C17H21BrN4O3S/c1-12(2)15-14(18)16(20-19-15)17(23)21-8-10-22(11-9-21)26(24,25)13-6-4-3-5-7-13/h3-7,12H,8-11H2,1-2H3,(H,19,20). The lowest BCUT2D eigenvalue weighted by atomic mass is 10.1. The zero-order valence-corrected chi connectivity index (χ0v) is 17.0. The predicted molar refractivity (Wildman–Crippen MR) is 101 cm³/mol. The van der Waals surface area contributed by atoms with Crippen LogP contribution in [-0.4, -0.2) is 59.9 Å². The number of sulfonamides is 1. The van der Waals surface area contributed by atoms with Crippen LogP contribution in [0.2, 0.25) is 0 Å². The number of rotatable bonds is 4. The summed E-state index contributed by atoms with van der Waals surface area (Å²) >= 11 is 3.45. The number of carbonyl (C=O) groups is 1. The molecule has 0 unspecified atom stereocenters. The van der Waals surface area contributed by atoms with Gasteiger partial charge in [-0.25, -0.2) is 8.42 Å². The number of aromatic amines is 1. The summed E-state index contributed by atoms with van der Waals surface area (Å²) in [5, 5.41) is 7.03. The Kier molecular flexibility index (Phi) is 5.50. The molecule has 1 aliphatic rings. The lowest BCUT2D eigenvalue weighted by Gasteiger charge is -2.33. The van der Waals surface area contributed by atoms with Crippen LogP contribution in [0.5, 0.6) is 0 Å². The SMILES string of the molecule is CC(C)c1[nH]nc(C(=O)N2CCN(S(=O)(=O)c3ccccc3)CC2)c1Br. The number of carbonyl (C=O) groups excluding carboxylic acids is 1. The van der Waals surface area contributed by atoms with E-state index >= 15 is 0 Å². The van der Waals surface area contributed by atoms with Crippen LogP contribution in [0.3, 0.4) is 0 Å². The molecule has 26 heavy (non-hydrogen) atoms. The van der Waals surface area contributed by atoms with E-state index in [9.17, 15) is 13.2 Å². The summed E-state index contributed by atoms with van der Waals surface area (Å²) in [6.07, 6.45) is 0. The van der Waals surface area contributed by atoms with Gasteiger partial charge in [-0.2, -0.15) is 9.40 Å². The highest BCUT2D eigenvalue weighted by Crippen LogP contribution is 2.27. The molecule has 0 bridgehead atoms. The number of amides is 1. The normalized spacial score (nSPS) is 16.2. The van der Waals surface area contributed by atoms with E-state index in [1.807, 2.05) is 13.8 Å². The van der Waals surface area contributed by atoms with Crippen LogP contribution in [0.25, 0.3) is 0 Å². The molecule has 1 aliphatic heterocycles. The van der Waals surface area contributed by atoms with Crippen LogP contribution < -0.4 is 0 Å². The van der Waals surface area contributed by atoms with Crippen molar-refractivity contribution in [1.82, 2.24) is 19.4 Å². The Balaban J connectivity index is 1.70. The first-order chi connectivity index (χ1) is 12.3. The summed E-state index contributed by atoms with van der Waals surface area (Å²) in [6.45, 7) is 5.23. The largest absolute Gasteiger partial charge is 0.335 e. The smallest absolute Gasteiger partial charge is 0.275 e. The average molecular weight is 441 g/mol. The van der Waals surface area contributed by atoms with Crippen molar-refractivity contribution in [2.75, 3.05) is 26.2 Å². The van der Waals surface area contributed by atoms with E-state index in [1.54, 1.807) is 35.2 Å². The van der Waals surface area contributed by atoms with Gasteiger partial charge >= 0.3 is 0 Å². The highest BCUT2D eigenvalue weighted by atomic mass is 79.9. The molecule has 0 atom stereocenters. The average Bonchev–Trinajstić information content (AvgIpc) is 3.03. The Hall–Kier alpha value is -1.71. The van der Waals surface area contributed by atoms with Crippen molar-refractivity contribution in [3.05, 3.63) is 46.2 Å². The summed E-state index contributed by atoms with van der Waals surface area (Å²) in [6, 6.07) is 8.35. The number of hydrogen-bond donors (Lipinski definition) is 1. The molecule has 7 nitrogen and oxygen atoms in total. The van der Waals surface area contributed by atoms with Crippen molar-refractivity contribution in [3.8, 4) is 0 Å². The Morgan fingerprint density at radius 1 is 1.15 bits per heavy atom. The lowest BCUT2D eigenvalue weighted by molar-refractivity contribution is 0.0691. The van der Waals surface area contributed by atoms with Crippen molar-refractivity contribution in [3.63, 3.8) is 0 Å². The second-order valence-corrected chi connectivity index (χ2v) is 9.19. The maximum atomic E-state index is 12.7. The number of hydrogen-bond acceptors (Lipinski definition) is 4. The lowest BCUT2D eigenvalue weighted by Crippen LogP contribution is -2.50.